The van der Waals surface area contributed by atoms with E-state index in [1.165, 1.54) is 0 Å². The van der Waals surface area contributed by atoms with Crippen molar-refractivity contribution in [3.63, 3.8) is 0 Å². The Hall–Kier alpha value is -1.94. The highest BCUT2D eigenvalue weighted by molar-refractivity contribution is 7.85. The Kier molecular flexibility index (Phi) is 2.52. The van der Waals surface area contributed by atoms with E-state index in [0.717, 1.165) is 15.8 Å². The second kappa shape index (κ2) is 4.07. The first kappa shape index (κ1) is 11.2. The molecule has 18 heavy (non-hydrogen) atoms. The maximum absolute atomic E-state index is 11.9. The van der Waals surface area contributed by atoms with Crippen LogP contribution in [0, 0.1) is 0 Å². The van der Waals surface area contributed by atoms with Crippen LogP contribution in [0.3, 0.4) is 0 Å². The Morgan fingerprint density at radius 1 is 1.28 bits per heavy atom. The summed E-state index contributed by atoms with van der Waals surface area (Å²) in [5, 5.41) is 10.7. The fourth-order valence-electron chi connectivity index (χ4n) is 2.19. The van der Waals surface area contributed by atoms with Gasteiger partial charge in [-0.1, -0.05) is 24.3 Å². The zero-order valence-electron chi connectivity index (χ0n) is 9.42. The van der Waals surface area contributed by atoms with Gasteiger partial charge in [-0.25, -0.2) is 4.79 Å². The Bertz CT molecular complexity index is 716. The molecule has 1 aliphatic rings. The Labute approximate surface area is 106 Å². The summed E-state index contributed by atoms with van der Waals surface area (Å²) in [5.74, 6) is -0.418. The number of carboxylic acids is 1. The maximum Gasteiger partial charge on any atom is 0.336 e. The van der Waals surface area contributed by atoms with Crippen molar-refractivity contribution in [3.8, 4) is 0 Å². The van der Waals surface area contributed by atoms with Crippen LogP contribution in [0.5, 0.6) is 0 Å². The molecule has 0 saturated heterocycles. The predicted octanol–water partition coefficient (Wildman–Crippen LogP) is 2.67. The van der Waals surface area contributed by atoms with Crippen molar-refractivity contribution in [1.29, 1.82) is 0 Å². The van der Waals surface area contributed by atoms with Crippen LogP contribution in [0.4, 0.5) is 0 Å². The number of hydrogen-bond donors (Lipinski definition) is 1. The smallest absolute Gasteiger partial charge is 0.336 e. The van der Waals surface area contributed by atoms with Crippen LogP contribution in [0.25, 0.3) is 16.8 Å². The largest absolute Gasteiger partial charge is 0.478 e. The monoisotopic (exact) mass is 258 g/mol. The zero-order valence-corrected chi connectivity index (χ0v) is 10.2. The van der Waals surface area contributed by atoms with Crippen LogP contribution in [0.1, 0.15) is 15.9 Å². The van der Waals surface area contributed by atoms with Gasteiger partial charge in [0.2, 0.25) is 0 Å². The lowest BCUT2D eigenvalue weighted by atomic mass is 10.0. The lowest BCUT2D eigenvalue weighted by Gasteiger charge is -2.12. The molecule has 2 aromatic rings. The quantitative estimate of drug-likeness (QED) is 0.855. The average molecular weight is 258 g/mol. The second-order valence-corrected chi connectivity index (χ2v) is 5.60. The van der Waals surface area contributed by atoms with Crippen LogP contribution in [-0.2, 0) is 10.8 Å². The molecule has 0 aliphatic carbocycles. The normalized spacial score (nSPS) is 17.7. The van der Waals surface area contributed by atoms with Crippen LogP contribution >= 0.6 is 0 Å². The number of rotatable bonds is 1. The highest BCUT2D eigenvalue weighted by Crippen LogP contribution is 2.28. The summed E-state index contributed by atoms with van der Waals surface area (Å²) in [7, 11) is -1.02. The van der Waals surface area contributed by atoms with Crippen molar-refractivity contribution in [1.82, 2.24) is 0 Å². The van der Waals surface area contributed by atoms with E-state index in [-0.39, 0.29) is 5.56 Å². The number of carboxylic acid groups (broad SMARTS) is 1. The van der Waals surface area contributed by atoms with Gasteiger partial charge in [0.05, 0.1) is 16.4 Å². The predicted molar refractivity (Wildman–Crippen MR) is 71.2 cm³/mol. The lowest BCUT2D eigenvalue weighted by molar-refractivity contribution is 0.0699. The molecule has 4 heteroatoms. The molecular formula is C14H10O3S. The molecule has 90 valence electrons. The summed E-state index contributed by atoms with van der Waals surface area (Å²) >= 11 is 0. The summed E-state index contributed by atoms with van der Waals surface area (Å²) < 4.78 is 11.9. The molecule has 3 rings (SSSR count). The third kappa shape index (κ3) is 1.66. The number of hydrogen-bond acceptors (Lipinski definition) is 2. The molecule has 1 atom stereocenters. The fourth-order valence-corrected chi connectivity index (χ4v) is 3.29. The van der Waals surface area contributed by atoms with E-state index in [1.54, 1.807) is 12.1 Å². The molecule has 1 unspecified atom stereocenters. The standard InChI is InChI=1S/C14H10O3S/c15-14(16)11-5-1-3-9-8-13-10(7-12(9)11)4-2-6-18(13)17/h1-5,7-8H,6H2,(H,15,16). The minimum absolute atomic E-state index is 0.278. The van der Waals surface area contributed by atoms with Crippen molar-refractivity contribution < 1.29 is 14.1 Å². The van der Waals surface area contributed by atoms with Crippen LogP contribution in [0.15, 0.2) is 41.3 Å². The van der Waals surface area contributed by atoms with Gasteiger partial charge in [-0.3, -0.25) is 4.21 Å². The van der Waals surface area contributed by atoms with Gasteiger partial charge >= 0.3 is 5.97 Å². The van der Waals surface area contributed by atoms with Gasteiger partial charge in [-0.15, -0.1) is 0 Å². The van der Waals surface area contributed by atoms with E-state index < -0.39 is 16.8 Å². The highest BCUT2D eigenvalue weighted by atomic mass is 32.2. The first-order valence-corrected chi connectivity index (χ1v) is 6.84. The maximum atomic E-state index is 11.9. The van der Waals surface area contributed by atoms with Crippen LogP contribution < -0.4 is 0 Å². The van der Waals surface area contributed by atoms with Crippen molar-refractivity contribution in [3.05, 3.63) is 47.5 Å². The van der Waals surface area contributed by atoms with Gasteiger partial charge in [0, 0.05) is 10.6 Å². The van der Waals surface area contributed by atoms with E-state index in [0.29, 0.717) is 11.1 Å². The first-order chi connectivity index (χ1) is 8.66. The third-order valence-corrected chi connectivity index (χ3v) is 4.37. The van der Waals surface area contributed by atoms with Gasteiger partial charge in [-0.2, -0.15) is 0 Å². The third-order valence-electron chi connectivity index (χ3n) is 3.03. The second-order valence-electron chi connectivity index (χ2n) is 4.14. The van der Waals surface area contributed by atoms with Crippen molar-refractivity contribution in [2.75, 3.05) is 5.75 Å². The van der Waals surface area contributed by atoms with E-state index in [9.17, 15) is 9.00 Å². The molecule has 3 nitrogen and oxygen atoms in total. The highest BCUT2D eigenvalue weighted by Gasteiger charge is 2.15. The molecule has 0 bridgehead atoms. The number of carbonyl (C=O) groups is 1. The minimum Gasteiger partial charge on any atom is -0.478 e. The molecule has 0 amide bonds. The Morgan fingerprint density at radius 2 is 2.11 bits per heavy atom. The molecule has 0 spiro atoms. The molecule has 1 aliphatic heterocycles. The molecule has 0 aromatic heterocycles. The molecule has 2 aromatic carbocycles. The molecule has 1 N–H and O–H groups in total. The summed E-state index contributed by atoms with van der Waals surface area (Å²) in [5.41, 5.74) is 1.13. The van der Waals surface area contributed by atoms with Gasteiger partial charge in [0.1, 0.15) is 0 Å². The summed E-state index contributed by atoms with van der Waals surface area (Å²) in [4.78, 5) is 12.0. The number of benzene rings is 2. The van der Waals surface area contributed by atoms with Gasteiger partial charge < -0.3 is 5.11 Å². The van der Waals surface area contributed by atoms with E-state index in [2.05, 4.69) is 0 Å². The van der Waals surface area contributed by atoms with Crippen LogP contribution in [-0.4, -0.2) is 21.0 Å². The molecular weight excluding hydrogens is 248 g/mol. The molecule has 0 fully saturated rings. The van der Waals surface area contributed by atoms with Crippen LogP contribution in [0.2, 0.25) is 0 Å². The summed E-state index contributed by atoms with van der Waals surface area (Å²) in [6.07, 6.45) is 3.75. The average Bonchev–Trinajstić information content (AvgIpc) is 2.36. The number of fused-ring (bicyclic) bond motifs is 2. The van der Waals surface area contributed by atoms with E-state index >= 15 is 0 Å². The summed E-state index contributed by atoms with van der Waals surface area (Å²) in [6, 6.07) is 8.77. The van der Waals surface area contributed by atoms with Crippen molar-refractivity contribution in [2.24, 2.45) is 0 Å². The fraction of sp³-hybridized carbons (Fsp3) is 0.0714. The van der Waals surface area contributed by atoms with E-state index in [4.69, 9.17) is 5.11 Å². The zero-order chi connectivity index (χ0) is 12.7. The minimum atomic E-state index is -1.02. The van der Waals surface area contributed by atoms with Crippen molar-refractivity contribution >= 4 is 33.6 Å². The molecule has 0 radical (unpaired) electrons. The Morgan fingerprint density at radius 3 is 2.89 bits per heavy atom. The van der Waals surface area contributed by atoms with Gasteiger partial charge in [-0.05, 0) is 34.5 Å². The SMILES string of the molecule is O=C(O)c1cccc2cc3c(cc12)C=CCS3=O. The molecule has 1 heterocycles. The first-order valence-electron chi connectivity index (χ1n) is 5.52. The topological polar surface area (TPSA) is 54.4 Å². The van der Waals surface area contributed by atoms with Gasteiger partial charge in [0.25, 0.3) is 0 Å². The Balaban J connectivity index is 2.38. The summed E-state index contributed by atoms with van der Waals surface area (Å²) in [6.45, 7) is 0. The lowest BCUT2D eigenvalue weighted by Crippen LogP contribution is -2.04. The van der Waals surface area contributed by atoms with Crippen molar-refractivity contribution in [2.45, 2.75) is 4.90 Å². The van der Waals surface area contributed by atoms with Gasteiger partial charge in [0.15, 0.2) is 0 Å². The molecule has 0 saturated carbocycles. The number of aromatic carboxylic acids is 1. The van der Waals surface area contributed by atoms with E-state index in [1.807, 2.05) is 30.4 Å².